The van der Waals surface area contributed by atoms with E-state index in [1.807, 2.05) is 0 Å². The SMILES string of the molecule is COc1ccnc(C(C)(C)C(O)C(=O)O)c1. The molecule has 5 nitrogen and oxygen atoms in total. The van der Waals surface area contributed by atoms with Crippen LogP contribution in [-0.4, -0.2) is 34.4 Å². The number of nitrogens with zero attached hydrogens (tertiary/aromatic N) is 1. The van der Waals surface area contributed by atoms with Crippen LogP contribution in [0, 0.1) is 0 Å². The molecule has 88 valence electrons. The number of aliphatic hydroxyl groups is 1. The largest absolute Gasteiger partial charge is 0.497 e. The molecule has 1 rings (SSSR count). The molecule has 0 fully saturated rings. The van der Waals surface area contributed by atoms with Gasteiger partial charge in [-0.25, -0.2) is 4.79 Å². The van der Waals surface area contributed by atoms with E-state index < -0.39 is 17.5 Å². The van der Waals surface area contributed by atoms with Gasteiger partial charge in [-0.15, -0.1) is 0 Å². The molecule has 0 aliphatic carbocycles. The van der Waals surface area contributed by atoms with E-state index in [0.717, 1.165) is 0 Å². The molecule has 0 spiro atoms. The lowest BCUT2D eigenvalue weighted by Gasteiger charge is -2.27. The number of hydrogen-bond donors (Lipinski definition) is 2. The minimum Gasteiger partial charge on any atom is -0.497 e. The zero-order valence-electron chi connectivity index (χ0n) is 9.47. The fraction of sp³-hybridized carbons (Fsp3) is 0.455. The van der Waals surface area contributed by atoms with E-state index >= 15 is 0 Å². The zero-order valence-corrected chi connectivity index (χ0v) is 9.47. The normalized spacial score (nSPS) is 13.2. The highest BCUT2D eigenvalue weighted by atomic mass is 16.5. The van der Waals surface area contributed by atoms with E-state index in [2.05, 4.69) is 4.98 Å². The maximum Gasteiger partial charge on any atom is 0.333 e. The average molecular weight is 225 g/mol. The summed E-state index contributed by atoms with van der Waals surface area (Å²) in [6.45, 7) is 3.24. The molecule has 1 aromatic rings. The van der Waals surface area contributed by atoms with E-state index in [-0.39, 0.29) is 0 Å². The van der Waals surface area contributed by atoms with Crippen LogP contribution in [0.25, 0.3) is 0 Å². The van der Waals surface area contributed by atoms with E-state index in [4.69, 9.17) is 9.84 Å². The van der Waals surface area contributed by atoms with Crippen molar-refractivity contribution in [3.63, 3.8) is 0 Å². The second kappa shape index (κ2) is 4.49. The van der Waals surface area contributed by atoms with Crippen molar-refractivity contribution in [3.8, 4) is 5.75 Å². The van der Waals surface area contributed by atoms with Crippen LogP contribution in [0.2, 0.25) is 0 Å². The Labute approximate surface area is 93.7 Å². The highest BCUT2D eigenvalue weighted by Crippen LogP contribution is 2.27. The maximum absolute atomic E-state index is 10.8. The number of aliphatic carboxylic acids is 1. The van der Waals surface area contributed by atoms with Gasteiger partial charge in [0.1, 0.15) is 5.75 Å². The van der Waals surface area contributed by atoms with Gasteiger partial charge in [0, 0.05) is 17.7 Å². The second-order valence-electron chi connectivity index (χ2n) is 4.04. The monoisotopic (exact) mass is 225 g/mol. The third-order valence-electron chi connectivity index (χ3n) is 2.54. The number of methoxy groups -OCH3 is 1. The molecule has 0 aliphatic heterocycles. The average Bonchev–Trinajstić information content (AvgIpc) is 2.27. The number of aliphatic hydroxyl groups excluding tert-OH is 1. The second-order valence-corrected chi connectivity index (χ2v) is 4.04. The van der Waals surface area contributed by atoms with Crippen LogP contribution in [0.3, 0.4) is 0 Å². The minimum atomic E-state index is -1.51. The number of carbonyl (C=O) groups is 1. The quantitative estimate of drug-likeness (QED) is 0.792. The van der Waals surface area contributed by atoms with Crippen LogP contribution >= 0.6 is 0 Å². The first-order valence-corrected chi connectivity index (χ1v) is 4.81. The molecule has 1 unspecified atom stereocenters. The lowest BCUT2D eigenvalue weighted by Crippen LogP contribution is -2.40. The summed E-state index contributed by atoms with van der Waals surface area (Å²) in [6, 6.07) is 3.28. The van der Waals surface area contributed by atoms with Gasteiger partial charge in [-0.2, -0.15) is 0 Å². The molecule has 16 heavy (non-hydrogen) atoms. The van der Waals surface area contributed by atoms with Crippen LogP contribution in [-0.2, 0) is 10.2 Å². The van der Waals surface area contributed by atoms with Crippen molar-refractivity contribution in [3.05, 3.63) is 24.0 Å². The molecule has 1 atom stereocenters. The van der Waals surface area contributed by atoms with Crippen LogP contribution in [0.15, 0.2) is 18.3 Å². The van der Waals surface area contributed by atoms with Gasteiger partial charge in [-0.05, 0) is 6.07 Å². The van der Waals surface area contributed by atoms with Crippen molar-refractivity contribution in [2.45, 2.75) is 25.4 Å². The Morgan fingerprint density at radius 3 is 2.69 bits per heavy atom. The minimum absolute atomic E-state index is 0.474. The van der Waals surface area contributed by atoms with Crippen molar-refractivity contribution < 1.29 is 19.7 Å². The number of carboxylic acids is 1. The fourth-order valence-electron chi connectivity index (χ4n) is 1.34. The summed E-state index contributed by atoms with van der Waals surface area (Å²) < 4.78 is 5.02. The Morgan fingerprint density at radius 2 is 2.19 bits per heavy atom. The van der Waals surface area contributed by atoms with Gasteiger partial charge in [-0.1, -0.05) is 13.8 Å². The summed E-state index contributed by atoms with van der Waals surface area (Å²) in [5, 5.41) is 18.4. The standard InChI is InChI=1S/C11H15NO4/c1-11(2,9(13)10(14)15)8-6-7(16-3)4-5-12-8/h4-6,9,13H,1-3H3,(H,14,15). The third-order valence-corrected chi connectivity index (χ3v) is 2.54. The van der Waals surface area contributed by atoms with Gasteiger partial charge in [0.15, 0.2) is 6.10 Å². The van der Waals surface area contributed by atoms with Gasteiger partial charge in [0.2, 0.25) is 0 Å². The first-order chi connectivity index (χ1) is 7.39. The Hall–Kier alpha value is -1.62. The molecule has 5 heteroatoms. The number of ether oxygens (including phenoxy) is 1. The highest BCUT2D eigenvalue weighted by Gasteiger charge is 2.36. The Balaban J connectivity index is 3.10. The number of aromatic nitrogens is 1. The van der Waals surface area contributed by atoms with Gasteiger partial charge in [0.05, 0.1) is 12.8 Å². The van der Waals surface area contributed by atoms with Crippen molar-refractivity contribution in [2.75, 3.05) is 7.11 Å². The van der Waals surface area contributed by atoms with E-state index in [9.17, 15) is 9.90 Å². The smallest absolute Gasteiger partial charge is 0.333 e. The Morgan fingerprint density at radius 1 is 1.56 bits per heavy atom. The van der Waals surface area contributed by atoms with Crippen molar-refractivity contribution >= 4 is 5.97 Å². The van der Waals surface area contributed by atoms with Gasteiger partial charge in [0.25, 0.3) is 0 Å². The first kappa shape index (κ1) is 12.4. The molecule has 0 aliphatic rings. The summed E-state index contributed by atoms with van der Waals surface area (Å²) in [4.78, 5) is 14.8. The topological polar surface area (TPSA) is 79.7 Å². The molecule has 0 saturated heterocycles. The summed E-state index contributed by atoms with van der Waals surface area (Å²) in [6.07, 6.45) is 0.0110. The Bertz CT molecular complexity index is 389. The zero-order chi connectivity index (χ0) is 12.3. The molecule has 1 aromatic heterocycles. The number of carboxylic acid groups (broad SMARTS) is 1. The molecule has 2 N–H and O–H groups in total. The summed E-state index contributed by atoms with van der Waals surface area (Å²) in [7, 11) is 1.51. The van der Waals surface area contributed by atoms with E-state index in [0.29, 0.717) is 11.4 Å². The summed E-state index contributed by atoms with van der Waals surface area (Å²) in [5.41, 5.74) is -0.498. The summed E-state index contributed by atoms with van der Waals surface area (Å²) >= 11 is 0. The fourth-order valence-corrected chi connectivity index (χ4v) is 1.34. The van der Waals surface area contributed by atoms with Crippen molar-refractivity contribution in [1.82, 2.24) is 4.98 Å². The molecule has 1 heterocycles. The predicted octanol–water partition coefficient (Wildman–Crippen LogP) is 0.813. The Kier molecular flexibility index (Phi) is 3.49. The van der Waals surface area contributed by atoms with Crippen LogP contribution in [0.5, 0.6) is 5.75 Å². The van der Waals surface area contributed by atoms with E-state index in [1.54, 1.807) is 26.0 Å². The predicted molar refractivity (Wildman–Crippen MR) is 57.5 cm³/mol. The molecular weight excluding hydrogens is 210 g/mol. The van der Waals surface area contributed by atoms with Crippen LogP contribution < -0.4 is 4.74 Å². The lowest BCUT2D eigenvalue weighted by atomic mass is 9.82. The van der Waals surface area contributed by atoms with Crippen molar-refractivity contribution in [1.29, 1.82) is 0 Å². The number of hydrogen-bond acceptors (Lipinski definition) is 4. The van der Waals surface area contributed by atoms with Crippen LogP contribution in [0.1, 0.15) is 19.5 Å². The molecule has 0 bridgehead atoms. The molecular formula is C11H15NO4. The van der Waals surface area contributed by atoms with Gasteiger partial charge < -0.3 is 14.9 Å². The lowest BCUT2D eigenvalue weighted by molar-refractivity contribution is -0.150. The molecule has 0 aromatic carbocycles. The third kappa shape index (κ3) is 2.30. The number of rotatable bonds is 4. The molecule has 0 radical (unpaired) electrons. The highest BCUT2D eigenvalue weighted by molar-refractivity contribution is 5.74. The van der Waals surface area contributed by atoms with Gasteiger partial charge >= 0.3 is 5.97 Å². The van der Waals surface area contributed by atoms with Gasteiger partial charge in [-0.3, -0.25) is 4.98 Å². The molecule has 0 amide bonds. The summed E-state index contributed by atoms with van der Waals surface area (Å²) in [5.74, 6) is -0.690. The first-order valence-electron chi connectivity index (χ1n) is 4.81. The van der Waals surface area contributed by atoms with Crippen molar-refractivity contribution in [2.24, 2.45) is 0 Å². The maximum atomic E-state index is 10.8. The van der Waals surface area contributed by atoms with E-state index in [1.165, 1.54) is 13.3 Å². The number of pyridine rings is 1. The molecule has 0 saturated carbocycles. The van der Waals surface area contributed by atoms with Crippen LogP contribution in [0.4, 0.5) is 0 Å².